The van der Waals surface area contributed by atoms with E-state index in [1.807, 2.05) is 6.07 Å². The highest BCUT2D eigenvalue weighted by Crippen LogP contribution is 2.33. The Labute approximate surface area is 129 Å². The predicted molar refractivity (Wildman–Crippen MR) is 83.2 cm³/mol. The highest BCUT2D eigenvalue weighted by molar-refractivity contribution is 9.10. The first kappa shape index (κ1) is 14.4. The molecule has 0 saturated heterocycles. The molecule has 1 aliphatic carbocycles. The highest BCUT2D eigenvalue weighted by atomic mass is 79.9. The molecule has 1 saturated carbocycles. The molecular weight excluding hydrogens is 318 g/mol. The zero-order valence-corrected chi connectivity index (χ0v) is 13.3. The normalized spacial score (nSPS) is 21.6. The quantitative estimate of drug-likeness (QED) is 0.864. The Morgan fingerprint density at radius 2 is 2.20 bits per heavy atom. The van der Waals surface area contributed by atoms with Crippen molar-refractivity contribution >= 4 is 15.9 Å². The summed E-state index contributed by atoms with van der Waals surface area (Å²) in [5.74, 6) is 1.04. The van der Waals surface area contributed by atoms with E-state index < -0.39 is 0 Å². The van der Waals surface area contributed by atoms with E-state index in [-0.39, 0.29) is 12.7 Å². The van der Waals surface area contributed by atoms with Crippen LogP contribution in [0.5, 0.6) is 5.75 Å². The third kappa shape index (κ3) is 3.18. The SMILES string of the molecule is OCCCN(CC1Cc2cc(Br)ccc2O1)C1CCC1. The van der Waals surface area contributed by atoms with Crippen molar-refractivity contribution in [1.82, 2.24) is 4.90 Å². The van der Waals surface area contributed by atoms with Gasteiger partial charge in [0.1, 0.15) is 11.9 Å². The van der Waals surface area contributed by atoms with Crippen molar-refractivity contribution in [3.8, 4) is 5.75 Å². The molecule has 0 aromatic heterocycles. The van der Waals surface area contributed by atoms with Crippen LogP contribution >= 0.6 is 15.9 Å². The number of nitrogens with zero attached hydrogens (tertiary/aromatic N) is 1. The van der Waals surface area contributed by atoms with Crippen LogP contribution in [-0.4, -0.2) is 41.8 Å². The first-order chi connectivity index (χ1) is 9.76. The Morgan fingerprint density at radius 3 is 2.90 bits per heavy atom. The Balaban J connectivity index is 1.59. The van der Waals surface area contributed by atoms with Crippen LogP contribution < -0.4 is 4.74 Å². The zero-order chi connectivity index (χ0) is 13.9. The molecule has 1 fully saturated rings. The second-order valence-corrected chi connectivity index (χ2v) is 6.77. The molecule has 2 aliphatic rings. The van der Waals surface area contributed by atoms with Crippen molar-refractivity contribution in [2.75, 3.05) is 19.7 Å². The zero-order valence-electron chi connectivity index (χ0n) is 11.7. The van der Waals surface area contributed by atoms with E-state index in [0.29, 0.717) is 6.04 Å². The summed E-state index contributed by atoms with van der Waals surface area (Å²) in [6.07, 6.45) is 6.07. The standard InChI is InChI=1S/C16H22BrNO2/c17-13-5-6-16-12(9-13)10-15(20-16)11-18(7-2-8-19)14-3-1-4-14/h5-6,9,14-15,19H,1-4,7-8,10-11H2. The topological polar surface area (TPSA) is 32.7 Å². The number of aliphatic hydroxyl groups is 1. The molecule has 1 heterocycles. The molecule has 1 N–H and O–H groups in total. The Hall–Kier alpha value is -0.580. The number of hydrogen-bond donors (Lipinski definition) is 1. The fourth-order valence-corrected chi connectivity index (χ4v) is 3.51. The summed E-state index contributed by atoms with van der Waals surface area (Å²) in [7, 11) is 0. The molecule has 1 unspecified atom stereocenters. The molecule has 1 atom stereocenters. The van der Waals surface area contributed by atoms with Crippen molar-refractivity contribution in [3.63, 3.8) is 0 Å². The Morgan fingerprint density at radius 1 is 1.35 bits per heavy atom. The largest absolute Gasteiger partial charge is 0.488 e. The van der Waals surface area contributed by atoms with Gasteiger partial charge in [-0.15, -0.1) is 0 Å². The first-order valence-electron chi connectivity index (χ1n) is 7.56. The van der Waals surface area contributed by atoms with Gasteiger partial charge in [-0.3, -0.25) is 4.90 Å². The summed E-state index contributed by atoms with van der Waals surface area (Å²) in [5.41, 5.74) is 1.31. The van der Waals surface area contributed by atoms with E-state index in [0.717, 1.165) is 36.2 Å². The lowest BCUT2D eigenvalue weighted by atomic mass is 9.91. The molecule has 110 valence electrons. The van der Waals surface area contributed by atoms with Gasteiger partial charge in [0, 0.05) is 36.6 Å². The minimum Gasteiger partial charge on any atom is -0.488 e. The molecule has 1 aromatic rings. The van der Waals surface area contributed by atoms with Crippen molar-refractivity contribution < 1.29 is 9.84 Å². The average Bonchev–Trinajstić information content (AvgIpc) is 2.75. The van der Waals surface area contributed by atoms with Gasteiger partial charge < -0.3 is 9.84 Å². The summed E-state index contributed by atoms with van der Waals surface area (Å²) in [4.78, 5) is 2.52. The Bertz CT molecular complexity index is 462. The Kier molecular flexibility index (Phi) is 4.64. The van der Waals surface area contributed by atoms with Crippen molar-refractivity contribution in [2.45, 2.75) is 44.2 Å². The van der Waals surface area contributed by atoms with Crippen molar-refractivity contribution in [3.05, 3.63) is 28.2 Å². The number of halogens is 1. The van der Waals surface area contributed by atoms with Gasteiger partial charge in [-0.2, -0.15) is 0 Å². The van der Waals surface area contributed by atoms with Gasteiger partial charge in [0.05, 0.1) is 0 Å². The number of hydrogen-bond acceptors (Lipinski definition) is 3. The van der Waals surface area contributed by atoms with E-state index >= 15 is 0 Å². The fraction of sp³-hybridized carbons (Fsp3) is 0.625. The highest BCUT2D eigenvalue weighted by Gasteiger charge is 2.30. The van der Waals surface area contributed by atoms with Crippen LogP contribution in [0.2, 0.25) is 0 Å². The summed E-state index contributed by atoms with van der Waals surface area (Å²) in [5, 5.41) is 9.06. The lowest BCUT2D eigenvalue weighted by Crippen LogP contribution is -2.45. The van der Waals surface area contributed by atoms with Crippen LogP contribution in [0.1, 0.15) is 31.2 Å². The van der Waals surface area contributed by atoms with E-state index in [1.54, 1.807) is 0 Å². The maximum atomic E-state index is 9.06. The summed E-state index contributed by atoms with van der Waals surface area (Å²) < 4.78 is 7.19. The molecule has 4 heteroatoms. The van der Waals surface area contributed by atoms with Crippen LogP contribution in [0.4, 0.5) is 0 Å². The van der Waals surface area contributed by atoms with Gasteiger partial charge in [0.15, 0.2) is 0 Å². The lowest BCUT2D eigenvalue weighted by Gasteiger charge is -2.38. The monoisotopic (exact) mass is 339 g/mol. The molecule has 0 amide bonds. The molecule has 3 nitrogen and oxygen atoms in total. The van der Waals surface area contributed by atoms with Gasteiger partial charge in [-0.05, 0) is 43.0 Å². The lowest BCUT2D eigenvalue weighted by molar-refractivity contribution is 0.0726. The third-order valence-electron chi connectivity index (χ3n) is 4.40. The number of benzene rings is 1. The predicted octanol–water partition coefficient (Wildman–Crippen LogP) is 2.99. The molecule has 1 aromatic carbocycles. The van der Waals surface area contributed by atoms with Gasteiger partial charge >= 0.3 is 0 Å². The maximum Gasteiger partial charge on any atom is 0.123 e. The minimum absolute atomic E-state index is 0.263. The van der Waals surface area contributed by atoms with Crippen molar-refractivity contribution in [1.29, 1.82) is 0 Å². The molecule has 20 heavy (non-hydrogen) atoms. The van der Waals surface area contributed by atoms with Crippen LogP contribution in [-0.2, 0) is 6.42 Å². The van der Waals surface area contributed by atoms with Crippen LogP contribution in [0.15, 0.2) is 22.7 Å². The van der Waals surface area contributed by atoms with Crippen molar-refractivity contribution in [2.24, 2.45) is 0 Å². The van der Waals surface area contributed by atoms with Gasteiger partial charge in [0.2, 0.25) is 0 Å². The van der Waals surface area contributed by atoms with Crippen LogP contribution in [0.3, 0.4) is 0 Å². The number of fused-ring (bicyclic) bond motifs is 1. The van der Waals surface area contributed by atoms with Crippen LogP contribution in [0, 0.1) is 0 Å². The second kappa shape index (κ2) is 6.46. The molecule has 0 bridgehead atoms. The van der Waals surface area contributed by atoms with Crippen LogP contribution in [0.25, 0.3) is 0 Å². The molecule has 1 aliphatic heterocycles. The smallest absolute Gasteiger partial charge is 0.123 e. The summed E-state index contributed by atoms with van der Waals surface area (Å²) in [6, 6.07) is 6.97. The molecular formula is C16H22BrNO2. The third-order valence-corrected chi connectivity index (χ3v) is 4.89. The summed E-state index contributed by atoms with van der Waals surface area (Å²) in [6.45, 7) is 2.25. The van der Waals surface area contributed by atoms with Gasteiger partial charge in [-0.1, -0.05) is 22.4 Å². The van der Waals surface area contributed by atoms with E-state index in [9.17, 15) is 0 Å². The number of ether oxygens (including phenoxy) is 1. The van der Waals surface area contributed by atoms with E-state index in [2.05, 4.69) is 33.0 Å². The number of aliphatic hydroxyl groups excluding tert-OH is 1. The number of rotatable bonds is 6. The average molecular weight is 340 g/mol. The van der Waals surface area contributed by atoms with E-state index in [1.165, 1.54) is 24.8 Å². The minimum atomic E-state index is 0.263. The van der Waals surface area contributed by atoms with E-state index in [4.69, 9.17) is 9.84 Å². The molecule has 0 spiro atoms. The molecule has 0 radical (unpaired) electrons. The molecule has 3 rings (SSSR count). The maximum absolute atomic E-state index is 9.06. The summed E-state index contributed by atoms with van der Waals surface area (Å²) >= 11 is 3.52. The first-order valence-corrected chi connectivity index (χ1v) is 8.35. The van der Waals surface area contributed by atoms with Gasteiger partial charge in [0.25, 0.3) is 0 Å². The second-order valence-electron chi connectivity index (χ2n) is 5.85. The fourth-order valence-electron chi connectivity index (χ4n) is 3.10. The van der Waals surface area contributed by atoms with Gasteiger partial charge in [-0.25, -0.2) is 0 Å².